The lowest BCUT2D eigenvalue weighted by Crippen LogP contribution is -2.51. The lowest BCUT2D eigenvalue weighted by Gasteiger charge is -2.33. The Morgan fingerprint density at radius 1 is 1.09 bits per heavy atom. The molecule has 1 fully saturated rings. The molecule has 0 bridgehead atoms. The number of anilines is 2. The minimum Gasteiger partial charge on any atom is -0.497 e. The van der Waals surface area contributed by atoms with E-state index in [2.05, 4.69) is 5.32 Å². The van der Waals surface area contributed by atoms with Crippen LogP contribution in [-0.2, 0) is 16.2 Å². The average Bonchev–Trinajstić information content (AvgIpc) is 3.38. The number of amides is 3. The first-order valence-corrected chi connectivity index (χ1v) is 11.5. The van der Waals surface area contributed by atoms with E-state index in [0.717, 1.165) is 16.8 Å². The van der Waals surface area contributed by atoms with E-state index in [1.165, 1.54) is 23.9 Å². The highest BCUT2D eigenvalue weighted by Gasteiger charge is 2.59. The molecule has 0 aromatic heterocycles. The van der Waals surface area contributed by atoms with Crippen molar-refractivity contribution in [3.05, 3.63) is 89.7 Å². The zero-order chi connectivity index (χ0) is 23.0. The third-order valence-electron chi connectivity index (χ3n) is 5.94. The molecule has 6 nitrogen and oxygen atoms in total. The fraction of sp³-hybridized carbons (Fsp3) is 0.200. The van der Waals surface area contributed by atoms with E-state index in [0.29, 0.717) is 30.3 Å². The van der Waals surface area contributed by atoms with Gasteiger partial charge in [-0.15, -0.1) is 11.8 Å². The lowest BCUT2D eigenvalue weighted by molar-refractivity contribution is -0.123. The summed E-state index contributed by atoms with van der Waals surface area (Å²) in [5.74, 6) is 0.842. The number of thioether (sulfide) groups is 1. The molecule has 33 heavy (non-hydrogen) atoms. The number of ether oxygens (including phenoxy) is 1. The molecule has 1 spiro atoms. The molecule has 3 amide bonds. The maximum atomic E-state index is 13.9. The predicted octanol–water partition coefficient (Wildman–Crippen LogP) is 4.81. The van der Waals surface area contributed by atoms with Gasteiger partial charge in [0.05, 0.1) is 19.3 Å². The second-order valence-corrected chi connectivity index (χ2v) is 9.13. The number of para-hydroxylation sites is 1. The molecule has 2 aliphatic heterocycles. The van der Waals surface area contributed by atoms with E-state index in [1.54, 1.807) is 53.3 Å². The summed E-state index contributed by atoms with van der Waals surface area (Å²) in [6.07, 6.45) is 0. The number of methoxy groups -OCH3 is 1. The molecular formula is C25H22FN3O3S. The van der Waals surface area contributed by atoms with Crippen LogP contribution >= 0.6 is 11.8 Å². The van der Waals surface area contributed by atoms with Crippen molar-refractivity contribution in [2.45, 2.75) is 11.4 Å². The normalized spacial score (nSPS) is 19.2. The summed E-state index contributed by atoms with van der Waals surface area (Å²) in [7, 11) is 1.58. The van der Waals surface area contributed by atoms with Gasteiger partial charge in [0.25, 0.3) is 5.91 Å². The van der Waals surface area contributed by atoms with Crippen molar-refractivity contribution in [3.63, 3.8) is 0 Å². The van der Waals surface area contributed by atoms with Gasteiger partial charge in [-0.25, -0.2) is 9.18 Å². The highest BCUT2D eigenvalue weighted by atomic mass is 32.2. The minimum absolute atomic E-state index is 0.166. The molecule has 2 heterocycles. The monoisotopic (exact) mass is 463 g/mol. The second-order valence-electron chi connectivity index (χ2n) is 7.84. The molecule has 8 heteroatoms. The number of fused-ring (bicyclic) bond motifs is 2. The summed E-state index contributed by atoms with van der Waals surface area (Å²) in [6, 6.07) is 20.4. The number of carbonyl (C=O) groups is 2. The highest BCUT2D eigenvalue weighted by Crippen LogP contribution is 2.54. The van der Waals surface area contributed by atoms with Crippen LogP contribution in [0.4, 0.5) is 20.6 Å². The van der Waals surface area contributed by atoms with Gasteiger partial charge in [-0.3, -0.25) is 9.69 Å². The Morgan fingerprint density at radius 3 is 2.55 bits per heavy atom. The quantitative estimate of drug-likeness (QED) is 0.603. The van der Waals surface area contributed by atoms with Crippen LogP contribution in [0.5, 0.6) is 5.75 Å². The first-order chi connectivity index (χ1) is 16.0. The number of rotatable bonds is 4. The molecule has 3 aromatic carbocycles. The van der Waals surface area contributed by atoms with Gasteiger partial charge in [-0.05, 0) is 48.0 Å². The van der Waals surface area contributed by atoms with Crippen molar-refractivity contribution in [2.24, 2.45) is 0 Å². The SMILES string of the molecule is COc1ccc(NC(=O)N2CCS[C@]23C(=O)N(Cc2ccc(F)cc2)c2ccccc23)cc1. The van der Waals surface area contributed by atoms with E-state index >= 15 is 0 Å². The van der Waals surface area contributed by atoms with E-state index in [1.807, 2.05) is 24.3 Å². The van der Waals surface area contributed by atoms with Gasteiger partial charge in [0.2, 0.25) is 0 Å². The van der Waals surface area contributed by atoms with Crippen molar-refractivity contribution in [1.82, 2.24) is 4.90 Å². The maximum absolute atomic E-state index is 13.9. The van der Waals surface area contributed by atoms with Crippen LogP contribution in [0.2, 0.25) is 0 Å². The van der Waals surface area contributed by atoms with Crippen LogP contribution in [-0.4, -0.2) is 36.2 Å². The summed E-state index contributed by atoms with van der Waals surface area (Å²) in [6.45, 7) is 0.740. The predicted molar refractivity (Wildman–Crippen MR) is 127 cm³/mol. The number of nitrogens with zero attached hydrogens (tertiary/aromatic N) is 2. The van der Waals surface area contributed by atoms with Crippen molar-refractivity contribution in [2.75, 3.05) is 29.6 Å². The van der Waals surface area contributed by atoms with Crippen LogP contribution in [0.3, 0.4) is 0 Å². The van der Waals surface area contributed by atoms with Gasteiger partial charge in [-0.2, -0.15) is 0 Å². The molecule has 168 valence electrons. The molecule has 5 rings (SSSR count). The Bertz CT molecular complexity index is 1200. The Balaban J connectivity index is 1.47. The minimum atomic E-state index is -1.13. The van der Waals surface area contributed by atoms with Crippen molar-refractivity contribution < 1.29 is 18.7 Å². The Labute approximate surface area is 195 Å². The second kappa shape index (κ2) is 8.44. The first-order valence-electron chi connectivity index (χ1n) is 10.6. The van der Waals surface area contributed by atoms with Crippen molar-refractivity contribution >= 4 is 35.1 Å². The summed E-state index contributed by atoms with van der Waals surface area (Å²) >= 11 is 1.47. The zero-order valence-corrected chi connectivity index (χ0v) is 18.8. The number of nitrogens with one attached hydrogen (secondary N) is 1. The van der Waals surface area contributed by atoms with Gasteiger partial charge >= 0.3 is 6.03 Å². The third-order valence-corrected chi connectivity index (χ3v) is 7.36. The molecule has 3 aromatic rings. The standard InChI is InChI=1S/C25H22FN3O3S/c1-32-20-12-10-19(11-13-20)27-24(31)29-14-15-33-25(29)21-4-2-3-5-22(21)28(23(25)30)16-17-6-8-18(26)9-7-17/h2-13H,14-16H2,1H3,(H,27,31)/t25-/m1/s1. The molecule has 0 saturated carbocycles. The number of carbonyl (C=O) groups excluding carboxylic acids is 2. The lowest BCUT2D eigenvalue weighted by atomic mass is 10.1. The van der Waals surface area contributed by atoms with Gasteiger partial charge in [-0.1, -0.05) is 30.3 Å². The smallest absolute Gasteiger partial charge is 0.323 e. The summed E-state index contributed by atoms with van der Waals surface area (Å²) in [5.41, 5.74) is 3.00. The number of hydrogen-bond donors (Lipinski definition) is 1. The largest absolute Gasteiger partial charge is 0.497 e. The van der Waals surface area contributed by atoms with E-state index < -0.39 is 4.87 Å². The molecule has 0 unspecified atom stereocenters. The highest BCUT2D eigenvalue weighted by molar-refractivity contribution is 8.01. The van der Waals surface area contributed by atoms with Crippen LogP contribution in [0.1, 0.15) is 11.1 Å². The van der Waals surface area contributed by atoms with Crippen molar-refractivity contribution in [3.8, 4) is 5.75 Å². The number of benzene rings is 3. The molecule has 2 aliphatic rings. The Kier molecular flexibility index (Phi) is 5.46. The van der Waals surface area contributed by atoms with Crippen LogP contribution in [0.15, 0.2) is 72.8 Å². The molecule has 0 aliphatic carbocycles. The van der Waals surface area contributed by atoms with E-state index in [-0.39, 0.29) is 17.8 Å². The van der Waals surface area contributed by atoms with E-state index in [9.17, 15) is 14.0 Å². The summed E-state index contributed by atoms with van der Waals surface area (Å²) in [5, 5.41) is 2.91. The van der Waals surface area contributed by atoms with Gasteiger partial charge in [0.15, 0.2) is 4.87 Å². The summed E-state index contributed by atoms with van der Waals surface area (Å²) < 4.78 is 18.5. The Morgan fingerprint density at radius 2 is 1.82 bits per heavy atom. The molecule has 0 radical (unpaired) electrons. The van der Waals surface area contributed by atoms with Crippen LogP contribution in [0, 0.1) is 5.82 Å². The fourth-order valence-corrected chi connectivity index (χ4v) is 5.82. The molecular weight excluding hydrogens is 441 g/mol. The summed E-state index contributed by atoms with van der Waals surface area (Å²) in [4.78, 5) is 29.4. The maximum Gasteiger partial charge on any atom is 0.323 e. The van der Waals surface area contributed by atoms with Crippen molar-refractivity contribution in [1.29, 1.82) is 0 Å². The third kappa shape index (κ3) is 3.60. The Hall–Kier alpha value is -3.52. The topological polar surface area (TPSA) is 61.9 Å². The number of urea groups is 1. The molecule has 1 saturated heterocycles. The van der Waals surface area contributed by atoms with E-state index in [4.69, 9.17) is 4.74 Å². The van der Waals surface area contributed by atoms with Crippen LogP contribution < -0.4 is 15.0 Å². The fourth-order valence-electron chi connectivity index (χ4n) is 4.36. The first kappa shape index (κ1) is 21.3. The molecule has 1 N–H and O–H groups in total. The zero-order valence-electron chi connectivity index (χ0n) is 18.0. The molecule has 1 atom stereocenters. The number of halogens is 1. The van der Waals surface area contributed by atoms with Gasteiger partial charge < -0.3 is 15.0 Å². The average molecular weight is 464 g/mol. The van der Waals surface area contributed by atoms with Gasteiger partial charge in [0, 0.05) is 23.5 Å². The van der Waals surface area contributed by atoms with Crippen LogP contribution in [0.25, 0.3) is 0 Å². The number of hydrogen-bond acceptors (Lipinski definition) is 4. The van der Waals surface area contributed by atoms with Gasteiger partial charge in [0.1, 0.15) is 11.6 Å².